The monoisotopic (exact) mass is 341 g/mol. The number of H-pyrrole nitrogens is 1. The van der Waals surface area contributed by atoms with Gasteiger partial charge in [0.2, 0.25) is 0 Å². The van der Waals surface area contributed by atoms with E-state index in [9.17, 15) is 4.39 Å². The highest BCUT2D eigenvalue weighted by atomic mass is 127. The van der Waals surface area contributed by atoms with Crippen molar-refractivity contribution in [1.29, 1.82) is 0 Å². The largest absolute Gasteiger partial charge is 0.360 e. The SMILES string of the molecule is Cn1cncc1-c1c[nH]c2ccc(I)c(F)c12. The van der Waals surface area contributed by atoms with E-state index in [1.54, 1.807) is 18.6 Å². The Kier molecular flexibility index (Phi) is 2.43. The van der Waals surface area contributed by atoms with E-state index < -0.39 is 0 Å². The Morgan fingerprint density at radius 2 is 2.24 bits per heavy atom. The molecule has 17 heavy (non-hydrogen) atoms. The summed E-state index contributed by atoms with van der Waals surface area (Å²) in [6, 6.07) is 3.65. The minimum Gasteiger partial charge on any atom is -0.360 e. The van der Waals surface area contributed by atoms with E-state index in [0.29, 0.717) is 8.96 Å². The van der Waals surface area contributed by atoms with Crippen LogP contribution in [0.3, 0.4) is 0 Å². The van der Waals surface area contributed by atoms with Gasteiger partial charge >= 0.3 is 0 Å². The Hall–Kier alpha value is -1.37. The Labute approximate surface area is 111 Å². The minimum absolute atomic E-state index is 0.180. The zero-order chi connectivity index (χ0) is 12.0. The summed E-state index contributed by atoms with van der Waals surface area (Å²) in [5.74, 6) is -0.180. The average molecular weight is 341 g/mol. The van der Waals surface area contributed by atoms with E-state index in [2.05, 4.69) is 9.97 Å². The van der Waals surface area contributed by atoms with Gasteiger partial charge in [-0.05, 0) is 34.7 Å². The fraction of sp³-hybridized carbons (Fsp3) is 0.0833. The smallest absolute Gasteiger partial charge is 0.146 e. The first kappa shape index (κ1) is 10.8. The molecule has 0 bridgehead atoms. The van der Waals surface area contributed by atoms with Crippen molar-refractivity contribution in [2.24, 2.45) is 7.05 Å². The van der Waals surface area contributed by atoms with Gasteiger partial charge in [0.1, 0.15) is 5.82 Å². The number of nitrogens with zero attached hydrogens (tertiary/aromatic N) is 2. The van der Waals surface area contributed by atoms with Gasteiger partial charge in [0, 0.05) is 33.3 Å². The molecule has 3 rings (SSSR count). The average Bonchev–Trinajstić information content (AvgIpc) is 2.89. The highest BCUT2D eigenvalue weighted by Crippen LogP contribution is 2.31. The summed E-state index contributed by atoms with van der Waals surface area (Å²) in [7, 11) is 1.90. The van der Waals surface area contributed by atoms with Gasteiger partial charge in [0.05, 0.1) is 18.2 Å². The maximum Gasteiger partial charge on any atom is 0.146 e. The van der Waals surface area contributed by atoms with Crippen LogP contribution in [0.4, 0.5) is 4.39 Å². The molecular formula is C12H9FIN3. The van der Waals surface area contributed by atoms with Crippen LogP contribution < -0.4 is 0 Å². The van der Waals surface area contributed by atoms with Gasteiger partial charge in [-0.25, -0.2) is 9.37 Å². The predicted octanol–water partition coefficient (Wildman–Crippen LogP) is 3.31. The number of benzene rings is 1. The molecule has 0 saturated carbocycles. The highest BCUT2D eigenvalue weighted by molar-refractivity contribution is 14.1. The molecular weight excluding hydrogens is 332 g/mol. The molecule has 0 aliphatic rings. The number of imidazole rings is 1. The molecule has 1 N–H and O–H groups in total. The maximum absolute atomic E-state index is 14.2. The van der Waals surface area contributed by atoms with Crippen molar-refractivity contribution in [3.8, 4) is 11.3 Å². The van der Waals surface area contributed by atoms with Crippen LogP contribution >= 0.6 is 22.6 Å². The fourth-order valence-corrected chi connectivity index (χ4v) is 2.42. The number of rotatable bonds is 1. The summed E-state index contributed by atoms with van der Waals surface area (Å²) in [6.07, 6.45) is 5.27. The van der Waals surface area contributed by atoms with Crippen LogP contribution in [-0.4, -0.2) is 14.5 Å². The molecule has 0 fully saturated rings. The lowest BCUT2D eigenvalue weighted by Crippen LogP contribution is -1.90. The number of fused-ring (bicyclic) bond motifs is 1. The number of aromatic nitrogens is 3. The second-order valence-electron chi connectivity index (χ2n) is 3.88. The molecule has 2 heterocycles. The molecule has 0 atom stereocenters. The predicted molar refractivity (Wildman–Crippen MR) is 73.2 cm³/mol. The topological polar surface area (TPSA) is 33.6 Å². The standard InChI is InChI=1S/C12H9FIN3/c1-17-6-15-5-10(17)7-4-16-9-3-2-8(14)12(13)11(7)9/h2-6,16H,1H3. The molecule has 0 saturated heterocycles. The maximum atomic E-state index is 14.2. The number of aryl methyl sites for hydroxylation is 1. The second kappa shape index (κ2) is 3.83. The Morgan fingerprint density at radius 1 is 1.41 bits per heavy atom. The van der Waals surface area contributed by atoms with Crippen molar-refractivity contribution in [3.63, 3.8) is 0 Å². The van der Waals surface area contributed by atoms with Crippen molar-refractivity contribution in [3.05, 3.63) is 40.2 Å². The van der Waals surface area contributed by atoms with E-state index in [1.165, 1.54) is 0 Å². The Bertz CT molecular complexity index is 699. The quantitative estimate of drug-likeness (QED) is 0.677. The van der Waals surface area contributed by atoms with Gasteiger partial charge in [-0.3, -0.25) is 0 Å². The van der Waals surface area contributed by atoms with E-state index in [1.807, 2.05) is 46.5 Å². The van der Waals surface area contributed by atoms with Gasteiger partial charge in [0.25, 0.3) is 0 Å². The fourth-order valence-electron chi connectivity index (χ4n) is 1.98. The van der Waals surface area contributed by atoms with Crippen LogP contribution in [0, 0.1) is 9.39 Å². The molecule has 0 amide bonds. The summed E-state index contributed by atoms with van der Waals surface area (Å²) in [4.78, 5) is 7.15. The van der Waals surface area contributed by atoms with Crippen LogP contribution in [0.15, 0.2) is 30.9 Å². The van der Waals surface area contributed by atoms with Gasteiger partial charge in [-0.2, -0.15) is 0 Å². The molecule has 3 aromatic rings. The number of nitrogens with one attached hydrogen (secondary N) is 1. The second-order valence-corrected chi connectivity index (χ2v) is 5.04. The van der Waals surface area contributed by atoms with Crippen LogP contribution in [0.25, 0.3) is 22.2 Å². The van der Waals surface area contributed by atoms with E-state index in [4.69, 9.17) is 0 Å². The zero-order valence-corrected chi connectivity index (χ0v) is 11.2. The van der Waals surface area contributed by atoms with Gasteiger partial charge in [-0.1, -0.05) is 0 Å². The molecule has 3 nitrogen and oxygen atoms in total. The first-order chi connectivity index (χ1) is 8.18. The van der Waals surface area contributed by atoms with Crippen molar-refractivity contribution in [2.45, 2.75) is 0 Å². The van der Waals surface area contributed by atoms with Crippen LogP contribution in [0.2, 0.25) is 0 Å². The minimum atomic E-state index is -0.180. The molecule has 0 radical (unpaired) electrons. The summed E-state index contributed by atoms with van der Waals surface area (Å²) in [5, 5.41) is 0.625. The van der Waals surface area contributed by atoms with E-state index in [-0.39, 0.29) is 5.82 Å². The molecule has 5 heteroatoms. The molecule has 86 valence electrons. The Morgan fingerprint density at radius 3 is 2.94 bits per heavy atom. The van der Waals surface area contributed by atoms with Crippen LogP contribution in [-0.2, 0) is 7.05 Å². The van der Waals surface area contributed by atoms with Gasteiger partial charge in [-0.15, -0.1) is 0 Å². The van der Waals surface area contributed by atoms with E-state index in [0.717, 1.165) is 16.8 Å². The Balaban J connectivity index is 2.39. The summed E-state index contributed by atoms with van der Waals surface area (Å²) >= 11 is 2.00. The number of hydrogen-bond donors (Lipinski definition) is 1. The molecule has 0 aliphatic heterocycles. The van der Waals surface area contributed by atoms with E-state index >= 15 is 0 Å². The molecule has 0 unspecified atom stereocenters. The molecule has 1 aromatic carbocycles. The third-order valence-corrected chi connectivity index (χ3v) is 3.66. The van der Waals surface area contributed by atoms with Gasteiger partial charge < -0.3 is 9.55 Å². The first-order valence-corrected chi connectivity index (χ1v) is 6.18. The van der Waals surface area contributed by atoms with Crippen molar-refractivity contribution >= 4 is 33.5 Å². The lowest BCUT2D eigenvalue weighted by Gasteiger charge is -2.02. The lowest BCUT2D eigenvalue weighted by molar-refractivity contribution is 0.633. The normalized spacial score (nSPS) is 11.2. The summed E-state index contributed by atoms with van der Waals surface area (Å²) in [6.45, 7) is 0. The van der Waals surface area contributed by atoms with Crippen molar-refractivity contribution < 1.29 is 4.39 Å². The van der Waals surface area contributed by atoms with Crippen molar-refractivity contribution in [1.82, 2.24) is 14.5 Å². The number of aromatic amines is 1. The lowest BCUT2D eigenvalue weighted by atomic mass is 10.1. The molecule has 0 spiro atoms. The summed E-state index contributed by atoms with van der Waals surface area (Å²) < 4.78 is 16.7. The first-order valence-electron chi connectivity index (χ1n) is 5.10. The third-order valence-electron chi connectivity index (χ3n) is 2.83. The van der Waals surface area contributed by atoms with Crippen LogP contribution in [0.5, 0.6) is 0 Å². The molecule has 0 aliphatic carbocycles. The number of hydrogen-bond acceptors (Lipinski definition) is 1. The number of halogens is 2. The van der Waals surface area contributed by atoms with Crippen molar-refractivity contribution in [2.75, 3.05) is 0 Å². The van der Waals surface area contributed by atoms with Gasteiger partial charge in [0.15, 0.2) is 0 Å². The summed E-state index contributed by atoms with van der Waals surface area (Å²) in [5.41, 5.74) is 2.55. The van der Waals surface area contributed by atoms with Crippen LogP contribution in [0.1, 0.15) is 0 Å². The highest BCUT2D eigenvalue weighted by Gasteiger charge is 2.14. The zero-order valence-electron chi connectivity index (χ0n) is 9.04. The third kappa shape index (κ3) is 1.56. The molecule has 2 aromatic heterocycles.